The zero-order valence-corrected chi connectivity index (χ0v) is 15.7. The van der Waals surface area contributed by atoms with Crippen LogP contribution in [0.1, 0.15) is 18.1 Å². The zero-order valence-electron chi connectivity index (χ0n) is 14.2. The van der Waals surface area contributed by atoms with Gasteiger partial charge in [-0.1, -0.05) is 53.0 Å². The van der Waals surface area contributed by atoms with Crippen LogP contribution in [0.5, 0.6) is 0 Å². The average molecular weight is 379 g/mol. The van der Waals surface area contributed by atoms with Crippen molar-refractivity contribution in [3.8, 4) is 0 Å². The summed E-state index contributed by atoms with van der Waals surface area (Å²) in [6.45, 7) is 4.13. The summed E-state index contributed by atoms with van der Waals surface area (Å²) in [4.78, 5) is 25.5. The van der Waals surface area contributed by atoms with Crippen molar-refractivity contribution in [2.24, 2.45) is 0 Å². The van der Waals surface area contributed by atoms with Crippen LogP contribution >= 0.6 is 23.2 Å². The van der Waals surface area contributed by atoms with Crippen molar-refractivity contribution >= 4 is 40.7 Å². The van der Waals surface area contributed by atoms with E-state index in [9.17, 15) is 9.59 Å². The van der Waals surface area contributed by atoms with Crippen LogP contribution in [0.3, 0.4) is 0 Å². The van der Waals surface area contributed by atoms with E-state index >= 15 is 0 Å². The van der Waals surface area contributed by atoms with E-state index in [0.717, 1.165) is 11.1 Å². The van der Waals surface area contributed by atoms with Crippen molar-refractivity contribution in [3.63, 3.8) is 0 Å². The average Bonchev–Trinajstić information content (AvgIpc) is 2.50. The van der Waals surface area contributed by atoms with Crippen LogP contribution in [0.2, 0.25) is 10.0 Å². The minimum atomic E-state index is -0.147. The third-order valence-corrected chi connectivity index (χ3v) is 4.08. The molecule has 0 spiro atoms. The molecule has 1 N–H and O–H groups in total. The van der Waals surface area contributed by atoms with Gasteiger partial charge in [-0.05, 0) is 30.7 Å². The second-order valence-electron chi connectivity index (χ2n) is 5.81. The number of hydrogen-bond acceptors (Lipinski definition) is 2. The van der Waals surface area contributed by atoms with E-state index in [4.69, 9.17) is 23.2 Å². The lowest BCUT2D eigenvalue weighted by molar-refractivity contribution is -0.121. The quantitative estimate of drug-likeness (QED) is 0.825. The molecule has 0 atom stereocenters. The van der Waals surface area contributed by atoms with Crippen LogP contribution in [-0.2, 0) is 16.0 Å². The predicted octanol–water partition coefficient (Wildman–Crippen LogP) is 4.01. The molecular formula is C19H20Cl2N2O2. The summed E-state index contributed by atoms with van der Waals surface area (Å²) < 4.78 is 0. The largest absolute Gasteiger partial charge is 0.354 e. The van der Waals surface area contributed by atoms with E-state index in [-0.39, 0.29) is 11.8 Å². The van der Waals surface area contributed by atoms with Gasteiger partial charge in [0.05, 0.1) is 6.42 Å². The highest BCUT2D eigenvalue weighted by atomic mass is 35.5. The summed E-state index contributed by atoms with van der Waals surface area (Å²) in [6.07, 6.45) is 0.310. The molecule has 25 heavy (non-hydrogen) atoms. The molecule has 0 radical (unpaired) electrons. The number of hydrogen-bond donors (Lipinski definition) is 1. The monoisotopic (exact) mass is 378 g/mol. The molecule has 0 aliphatic rings. The molecule has 132 valence electrons. The molecule has 0 bridgehead atoms. The molecule has 0 heterocycles. The lowest BCUT2D eigenvalue weighted by Crippen LogP contribution is -2.38. The summed E-state index contributed by atoms with van der Waals surface area (Å²) in [5.74, 6) is -0.232. The highest BCUT2D eigenvalue weighted by Crippen LogP contribution is 2.25. The van der Waals surface area contributed by atoms with Crippen LogP contribution in [0, 0.1) is 6.92 Å². The van der Waals surface area contributed by atoms with Gasteiger partial charge in [0.25, 0.3) is 0 Å². The molecule has 0 aromatic heterocycles. The fourth-order valence-electron chi connectivity index (χ4n) is 2.54. The first kappa shape index (κ1) is 19.3. The van der Waals surface area contributed by atoms with Gasteiger partial charge in [-0.2, -0.15) is 0 Å². The van der Waals surface area contributed by atoms with Crippen LogP contribution < -0.4 is 10.2 Å². The maximum absolute atomic E-state index is 12.1. The Morgan fingerprint density at radius 1 is 1.08 bits per heavy atom. The number of benzene rings is 2. The van der Waals surface area contributed by atoms with Crippen molar-refractivity contribution in [1.82, 2.24) is 5.32 Å². The lowest BCUT2D eigenvalue weighted by atomic mass is 10.1. The van der Waals surface area contributed by atoms with Gasteiger partial charge in [-0.25, -0.2) is 0 Å². The van der Waals surface area contributed by atoms with Crippen molar-refractivity contribution < 1.29 is 9.59 Å². The Balaban J connectivity index is 1.93. The Morgan fingerprint density at radius 2 is 1.76 bits per heavy atom. The first-order valence-electron chi connectivity index (χ1n) is 7.91. The number of amides is 2. The van der Waals surface area contributed by atoms with Crippen molar-refractivity contribution in [2.45, 2.75) is 20.3 Å². The molecule has 0 aliphatic heterocycles. The molecule has 0 saturated heterocycles. The van der Waals surface area contributed by atoms with Gasteiger partial charge in [0.2, 0.25) is 11.8 Å². The first-order valence-corrected chi connectivity index (χ1v) is 8.67. The molecule has 4 nitrogen and oxygen atoms in total. The molecule has 2 rings (SSSR count). The third kappa shape index (κ3) is 6.07. The molecular weight excluding hydrogens is 359 g/mol. The molecule has 6 heteroatoms. The molecule has 0 aliphatic carbocycles. The lowest BCUT2D eigenvalue weighted by Gasteiger charge is -2.22. The number of halogens is 2. The third-order valence-electron chi connectivity index (χ3n) is 3.64. The SMILES string of the molecule is CC(=O)N(CCNC(=O)Cc1cccc(C)c1)c1cc(Cl)cc(Cl)c1. The standard InChI is InChI=1S/C19H20Cl2N2O2/c1-13-4-3-5-15(8-13)9-19(25)22-6-7-23(14(2)24)18-11-16(20)10-17(21)12-18/h3-5,8,10-12H,6-7,9H2,1-2H3,(H,22,25). The van der Waals surface area contributed by atoms with E-state index in [0.29, 0.717) is 35.2 Å². The predicted molar refractivity (Wildman–Crippen MR) is 102 cm³/mol. The van der Waals surface area contributed by atoms with Gasteiger partial charge in [0.1, 0.15) is 0 Å². The number of carbonyl (C=O) groups is 2. The van der Waals surface area contributed by atoms with Crippen LogP contribution in [0.25, 0.3) is 0 Å². The van der Waals surface area contributed by atoms with E-state index in [1.165, 1.54) is 11.8 Å². The summed E-state index contributed by atoms with van der Waals surface area (Å²) in [7, 11) is 0. The maximum atomic E-state index is 12.1. The zero-order chi connectivity index (χ0) is 18.4. The highest BCUT2D eigenvalue weighted by molar-refractivity contribution is 6.35. The first-order chi connectivity index (χ1) is 11.8. The second-order valence-corrected chi connectivity index (χ2v) is 6.69. The van der Waals surface area contributed by atoms with Crippen molar-refractivity contribution in [2.75, 3.05) is 18.0 Å². The van der Waals surface area contributed by atoms with Crippen molar-refractivity contribution in [1.29, 1.82) is 0 Å². The fraction of sp³-hybridized carbons (Fsp3) is 0.263. The summed E-state index contributed by atoms with van der Waals surface area (Å²) >= 11 is 12.0. The topological polar surface area (TPSA) is 49.4 Å². The Bertz CT molecular complexity index is 758. The molecule has 2 aromatic carbocycles. The number of nitrogens with one attached hydrogen (secondary N) is 1. The van der Waals surface area contributed by atoms with Gasteiger partial charge < -0.3 is 10.2 Å². The van der Waals surface area contributed by atoms with E-state index in [1.54, 1.807) is 18.2 Å². The Morgan fingerprint density at radius 3 is 2.36 bits per heavy atom. The van der Waals surface area contributed by atoms with Gasteiger partial charge in [-0.15, -0.1) is 0 Å². The molecule has 2 amide bonds. The molecule has 0 saturated carbocycles. The van der Waals surface area contributed by atoms with Gasteiger partial charge in [0, 0.05) is 35.7 Å². The minimum Gasteiger partial charge on any atom is -0.354 e. The van der Waals surface area contributed by atoms with Gasteiger partial charge >= 0.3 is 0 Å². The number of aryl methyl sites for hydroxylation is 1. The number of anilines is 1. The number of rotatable bonds is 6. The Kier molecular flexibility index (Phi) is 6.85. The molecule has 2 aromatic rings. The fourth-order valence-corrected chi connectivity index (χ4v) is 3.06. The van der Waals surface area contributed by atoms with Crippen LogP contribution in [-0.4, -0.2) is 24.9 Å². The maximum Gasteiger partial charge on any atom is 0.224 e. The summed E-state index contributed by atoms with van der Waals surface area (Å²) in [5, 5.41) is 3.75. The number of carbonyl (C=O) groups excluding carboxylic acids is 2. The summed E-state index contributed by atoms with van der Waals surface area (Å²) in [6, 6.07) is 12.8. The Hall–Kier alpha value is -2.04. The summed E-state index contributed by atoms with van der Waals surface area (Å²) in [5.41, 5.74) is 2.69. The highest BCUT2D eigenvalue weighted by Gasteiger charge is 2.13. The normalized spacial score (nSPS) is 10.4. The Labute approximate surface area is 157 Å². The molecule has 0 unspecified atom stereocenters. The van der Waals surface area contributed by atoms with Gasteiger partial charge in [-0.3, -0.25) is 9.59 Å². The van der Waals surface area contributed by atoms with Crippen LogP contribution in [0.15, 0.2) is 42.5 Å². The smallest absolute Gasteiger partial charge is 0.224 e. The minimum absolute atomic E-state index is 0.0850. The van der Waals surface area contributed by atoms with E-state index < -0.39 is 0 Å². The van der Waals surface area contributed by atoms with Crippen molar-refractivity contribution in [3.05, 3.63) is 63.6 Å². The van der Waals surface area contributed by atoms with E-state index in [1.807, 2.05) is 31.2 Å². The van der Waals surface area contributed by atoms with Gasteiger partial charge in [0.15, 0.2) is 0 Å². The molecule has 0 fully saturated rings. The van der Waals surface area contributed by atoms with Crippen LogP contribution in [0.4, 0.5) is 5.69 Å². The second kappa shape index (κ2) is 8.88. The van der Waals surface area contributed by atoms with E-state index in [2.05, 4.69) is 5.32 Å². The number of nitrogens with zero attached hydrogens (tertiary/aromatic N) is 1.